The summed E-state index contributed by atoms with van der Waals surface area (Å²) in [6.07, 6.45) is 3.21. The van der Waals surface area contributed by atoms with Crippen LogP contribution in [-0.2, 0) is 51.3 Å². The summed E-state index contributed by atoms with van der Waals surface area (Å²) in [7, 11) is 0. The number of halogens is 1. The van der Waals surface area contributed by atoms with Gasteiger partial charge >= 0.3 is 23.9 Å². The van der Waals surface area contributed by atoms with E-state index in [1.165, 1.54) is 0 Å². The summed E-state index contributed by atoms with van der Waals surface area (Å²) in [4.78, 5) is 113. The number of urea groups is 1. The molecule has 3 atom stereocenters. The number of carboxylic acids is 3. The maximum atomic E-state index is 14.1. The van der Waals surface area contributed by atoms with E-state index >= 15 is 0 Å². The number of unbranched alkanes of at least 4 members (excludes halogenated alkanes) is 1. The lowest BCUT2D eigenvalue weighted by Crippen LogP contribution is -2.51. The Bertz CT molecular complexity index is 2260. The second kappa shape index (κ2) is 34.4. The monoisotopic (exact) mass is 1200 g/mol. The molecule has 420 valence electrons. The summed E-state index contributed by atoms with van der Waals surface area (Å²) < 4.78 is 1.04. The van der Waals surface area contributed by atoms with Crippen molar-refractivity contribution in [3.05, 3.63) is 63.2 Å². The Labute approximate surface area is 460 Å². The number of hydrogen-bond acceptors (Lipinski definition) is 14. The van der Waals surface area contributed by atoms with Crippen LogP contribution >= 0.6 is 34.8 Å². The molecular formula is C49H74IN13O12S. The highest BCUT2D eigenvalue weighted by molar-refractivity contribution is 14.1. The zero-order chi connectivity index (χ0) is 56.2. The molecule has 2 aromatic rings. The zero-order valence-electron chi connectivity index (χ0n) is 42.5. The molecule has 1 aliphatic carbocycles. The number of amides is 7. The van der Waals surface area contributed by atoms with E-state index in [0.29, 0.717) is 83.0 Å². The molecule has 0 radical (unpaired) electrons. The number of carbonyl (C=O) groups is 9. The summed E-state index contributed by atoms with van der Waals surface area (Å²) in [5.74, 6) is -6.18. The van der Waals surface area contributed by atoms with Crippen molar-refractivity contribution in [3.8, 4) is 0 Å². The first-order valence-electron chi connectivity index (χ1n) is 25.0. The average Bonchev–Trinajstić information content (AvgIpc) is 3.35. The topological polar surface area (TPSA) is 400 Å². The molecule has 0 spiro atoms. The van der Waals surface area contributed by atoms with Crippen molar-refractivity contribution >= 4 is 99.1 Å². The van der Waals surface area contributed by atoms with Gasteiger partial charge in [0.05, 0.1) is 26.2 Å². The highest BCUT2D eigenvalue weighted by atomic mass is 127. The van der Waals surface area contributed by atoms with Crippen molar-refractivity contribution in [1.29, 1.82) is 0 Å². The van der Waals surface area contributed by atoms with Gasteiger partial charge in [-0.3, -0.25) is 38.6 Å². The van der Waals surface area contributed by atoms with Gasteiger partial charge in [0.15, 0.2) is 5.11 Å². The number of carboxylic acid groups (broad SMARTS) is 3. The molecule has 1 saturated carbocycles. The van der Waals surface area contributed by atoms with Gasteiger partial charge in [-0.1, -0.05) is 24.3 Å². The fraction of sp³-hybridized carbons (Fsp3) is 0.551. The lowest BCUT2D eigenvalue weighted by atomic mass is 9.81. The average molecular weight is 1200 g/mol. The van der Waals surface area contributed by atoms with Crippen LogP contribution in [0.1, 0.15) is 68.9 Å². The first-order chi connectivity index (χ1) is 36.1. The van der Waals surface area contributed by atoms with Crippen LogP contribution in [0.5, 0.6) is 0 Å². The van der Waals surface area contributed by atoms with Crippen molar-refractivity contribution in [2.75, 3.05) is 77.3 Å². The molecule has 17 N–H and O–H groups in total. The van der Waals surface area contributed by atoms with Crippen LogP contribution in [0.25, 0.3) is 0 Å². The molecule has 1 fully saturated rings. The molecule has 1 aliphatic rings. The Morgan fingerprint density at radius 3 is 1.86 bits per heavy atom. The van der Waals surface area contributed by atoms with Gasteiger partial charge in [0.25, 0.3) is 0 Å². The van der Waals surface area contributed by atoms with Gasteiger partial charge in [-0.15, -0.1) is 0 Å². The van der Waals surface area contributed by atoms with E-state index in [4.69, 9.17) is 40.3 Å². The molecule has 76 heavy (non-hydrogen) atoms. The molecule has 0 aromatic heterocycles. The number of anilines is 1. The van der Waals surface area contributed by atoms with Crippen LogP contribution in [0, 0.1) is 15.4 Å². The number of carbonyl (C=O) groups excluding carboxylic acids is 6. The highest BCUT2D eigenvalue weighted by Gasteiger charge is 2.31. The van der Waals surface area contributed by atoms with E-state index in [0.717, 1.165) is 33.2 Å². The molecule has 7 amide bonds. The number of thiocarbonyl (C=S) groups is 1. The minimum absolute atomic E-state index is 0.00238. The van der Waals surface area contributed by atoms with Crippen LogP contribution in [-0.4, -0.2) is 179 Å². The van der Waals surface area contributed by atoms with Crippen LogP contribution in [0.4, 0.5) is 10.5 Å². The van der Waals surface area contributed by atoms with Crippen LogP contribution in [0.2, 0.25) is 0 Å². The van der Waals surface area contributed by atoms with Crippen molar-refractivity contribution in [1.82, 2.24) is 41.3 Å². The molecular weight excluding hydrogens is 1120 g/mol. The van der Waals surface area contributed by atoms with Gasteiger partial charge in [-0.2, -0.15) is 0 Å². The largest absolute Gasteiger partial charge is 0.481 e. The molecule has 2 aromatic carbocycles. The maximum absolute atomic E-state index is 14.1. The van der Waals surface area contributed by atoms with Gasteiger partial charge in [-0.05, 0) is 134 Å². The molecule has 27 heteroatoms. The van der Waals surface area contributed by atoms with Gasteiger partial charge in [0.1, 0.15) is 12.1 Å². The molecule has 0 heterocycles. The Hall–Kier alpha value is -6.27. The molecule has 2 unspecified atom stereocenters. The van der Waals surface area contributed by atoms with Gasteiger partial charge in [0, 0.05) is 80.0 Å². The SMILES string of the molecule is NC(=O)CNCCN(CCN(CC(N)=O)C(CNCC(N)=O)Cc1ccc(NC(=S)NCC2CCC(C(=O)N(CCCCC(NC(=O)N[C@H](CCC(=O)O)C(=O)O)C(=O)O)Cc3ccc(I)cc3)CC2)cc1)CC(N)=O. The summed E-state index contributed by atoms with van der Waals surface area (Å²) >= 11 is 7.86. The number of nitrogens with one attached hydrogen (secondary N) is 6. The molecule has 3 rings (SSSR count). The number of benzene rings is 2. The van der Waals surface area contributed by atoms with Crippen molar-refractivity contribution in [2.45, 2.75) is 88.9 Å². The summed E-state index contributed by atoms with van der Waals surface area (Å²) in [5, 5.41) is 45.3. The minimum atomic E-state index is -1.52. The number of hydrogen-bond donors (Lipinski definition) is 13. The number of rotatable bonds is 37. The first-order valence-corrected chi connectivity index (χ1v) is 26.5. The lowest BCUT2D eigenvalue weighted by Gasteiger charge is -2.33. The lowest BCUT2D eigenvalue weighted by molar-refractivity contribution is -0.141. The second-order valence-electron chi connectivity index (χ2n) is 18.7. The number of primary amides is 4. The summed E-state index contributed by atoms with van der Waals surface area (Å²) in [6, 6.07) is 11.1. The Balaban J connectivity index is 1.56. The fourth-order valence-corrected chi connectivity index (χ4v) is 9.20. The first kappa shape index (κ1) is 64.0. The van der Waals surface area contributed by atoms with Crippen LogP contribution in [0.3, 0.4) is 0 Å². The Morgan fingerprint density at radius 1 is 0.684 bits per heavy atom. The summed E-state index contributed by atoms with van der Waals surface area (Å²) in [5.41, 5.74) is 24.3. The molecule has 25 nitrogen and oxygen atoms in total. The molecule has 0 aliphatic heterocycles. The predicted molar refractivity (Wildman–Crippen MR) is 294 cm³/mol. The van der Waals surface area contributed by atoms with E-state index in [2.05, 4.69) is 54.5 Å². The number of nitrogens with zero attached hydrogens (tertiary/aromatic N) is 3. The van der Waals surface area contributed by atoms with Crippen LogP contribution < -0.4 is 54.8 Å². The van der Waals surface area contributed by atoms with Crippen molar-refractivity contribution in [3.63, 3.8) is 0 Å². The summed E-state index contributed by atoms with van der Waals surface area (Å²) in [6.45, 7) is 2.64. The quantitative estimate of drug-likeness (QED) is 0.0226. The Kier molecular flexibility index (Phi) is 29.0. The third-order valence-corrected chi connectivity index (χ3v) is 13.6. The van der Waals surface area contributed by atoms with Gasteiger partial charge in [0.2, 0.25) is 29.5 Å². The van der Waals surface area contributed by atoms with E-state index in [1.54, 1.807) is 9.80 Å². The number of nitrogens with two attached hydrogens (primary N) is 4. The van der Waals surface area contributed by atoms with E-state index in [1.807, 2.05) is 53.4 Å². The van der Waals surface area contributed by atoms with E-state index < -0.39 is 66.1 Å². The highest BCUT2D eigenvalue weighted by Crippen LogP contribution is 2.30. The van der Waals surface area contributed by atoms with Crippen LogP contribution in [0.15, 0.2) is 48.5 Å². The normalized spacial score (nSPS) is 15.4. The van der Waals surface area contributed by atoms with Crippen molar-refractivity contribution in [2.24, 2.45) is 34.8 Å². The Morgan fingerprint density at radius 2 is 1.28 bits per heavy atom. The van der Waals surface area contributed by atoms with Crippen molar-refractivity contribution < 1.29 is 58.5 Å². The minimum Gasteiger partial charge on any atom is -0.481 e. The fourth-order valence-electron chi connectivity index (χ4n) is 8.64. The second-order valence-corrected chi connectivity index (χ2v) is 20.4. The predicted octanol–water partition coefficient (Wildman–Crippen LogP) is -0.711. The third-order valence-electron chi connectivity index (χ3n) is 12.6. The number of aliphatic carboxylic acids is 3. The standard InChI is InChI=1S/C49H74IN13O12S/c50-35-12-6-33(7-13-35)28-63(19-2-1-3-38(46(71)72)59-48(75)60-39(47(73)74)16-17-44(68)69)45(70)34-10-4-32(5-11-34)24-57-49(76)58-36-14-8-31(9-15-36)23-37(25-56-27-41(52)65)62(30-43(54)67)22-21-61(29-42(53)66)20-18-55-26-40(51)64/h6-9,12-15,32,34,37-39,55-56H,1-5,10-11,16-30H2,(H2,51,64)(H2,52,65)(H2,53,66)(H2,54,67)(H,68,69)(H,71,72)(H,73,74)(H2,57,58,76)(H2,59,60,75)/t32?,34?,37?,38?,39-/m1/s1. The smallest absolute Gasteiger partial charge is 0.326 e. The molecule has 0 saturated heterocycles. The zero-order valence-corrected chi connectivity index (χ0v) is 45.5. The van der Waals surface area contributed by atoms with E-state index in [9.17, 15) is 53.4 Å². The molecule has 0 bridgehead atoms. The van der Waals surface area contributed by atoms with Gasteiger partial charge < -0.3 is 75.1 Å². The third kappa shape index (κ3) is 26.5. The van der Waals surface area contributed by atoms with Gasteiger partial charge in [-0.25, -0.2) is 14.4 Å². The maximum Gasteiger partial charge on any atom is 0.326 e. The van der Waals surface area contributed by atoms with E-state index in [-0.39, 0.29) is 69.4 Å².